The summed E-state index contributed by atoms with van der Waals surface area (Å²) in [7, 11) is 1.49. The summed E-state index contributed by atoms with van der Waals surface area (Å²) in [5.41, 5.74) is -0.575. The van der Waals surface area contributed by atoms with E-state index in [9.17, 15) is 18.9 Å². The molecule has 0 bridgehead atoms. The van der Waals surface area contributed by atoms with E-state index in [1.54, 1.807) is 0 Å². The van der Waals surface area contributed by atoms with Crippen LogP contribution in [-0.2, 0) is 0 Å². The van der Waals surface area contributed by atoms with Crippen molar-refractivity contribution in [1.29, 1.82) is 0 Å². The Morgan fingerprint density at radius 2 is 2.14 bits per heavy atom. The van der Waals surface area contributed by atoms with Crippen molar-refractivity contribution in [2.75, 3.05) is 12.4 Å². The van der Waals surface area contributed by atoms with Gasteiger partial charge in [-0.2, -0.15) is 9.37 Å². The number of hydrogen-bond donors (Lipinski definition) is 1. The highest BCUT2D eigenvalue weighted by Crippen LogP contribution is 2.33. The van der Waals surface area contributed by atoms with Crippen molar-refractivity contribution in [3.63, 3.8) is 0 Å². The zero-order valence-electron chi connectivity index (χ0n) is 10.4. The number of anilines is 1. The van der Waals surface area contributed by atoms with Crippen LogP contribution < -0.4 is 10.1 Å². The average molecular weight is 361 g/mol. The number of hydrogen-bond acceptors (Lipinski definition) is 6. The van der Waals surface area contributed by atoms with Crippen LogP contribution in [-0.4, -0.2) is 21.9 Å². The van der Waals surface area contributed by atoms with Gasteiger partial charge >= 0.3 is 11.6 Å². The quantitative estimate of drug-likeness (QED) is 0.511. The highest BCUT2D eigenvalue weighted by Gasteiger charge is 2.22. The van der Waals surface area contributed by atoms with E-state index in [1.165, 1.54) is 7.05 Å². The van der Waals surface area contributed by atoms with Crippen LogP contribution in [0.1, 0.15) is 0 Å². The van der Waals surface area contributed by atoms with Gasteiger partial charge in [-0.1, -0.05) is 15.9 Å². The first-order chi connectivity index (χ1) is 9.92. The molecular formula is C11H7BrF2N4O3. The van der Waals surface area contributed by atoms with Crippen LogP contribution >= 0.6 is 15.9 Å². The Bertz CT molecular complexity index is 714. The second-order valence-corrected chi connectivity index (χ2v) is 4.61. The van der Waals surface area contributed by atoms with Gasteiger partial charge in [0.15, 0.2) is 11.6 Å². The molecule has 0 fully saturated rings. The van der Waals surface area contributed by atoms with Gasteiger partial charge < -0.3 is 10.1 Å². The van der Waals surface area contributed by atoms with E-state index in [1.807, 2.05) is 0 Å². The summed E-state index contributed by atoms with van der Waals surface area (Å²) in [5, 5.41) is 13.4. The molecule has 0 amide bonds. The second kappa shape index (κ2) is 5.95. The molecule has 2 rings (SSSR count). The highest BCUT2D eigenvalue weighted by atomic mass is 79.9. The van der Waals surface area contributed by atoms with E-state index in [2.05, 4.69) is 31.2 Å². The molecule has 21 heavy (non-hydrogen) atoms. The van der Waals surface area contributed by atoms with Crippen molar-refractivity contribution in [2.24, 2.45) is 0 Å². The second-order valence-electron chi connectivity index (χ2n) is 3.69. The first-order valence-corrected chi connectivity index (χ1v) is 6.23. The third kappa shape index (κ3) is 3.21. The molecule has 1 heterocycles. The lowest BCUT2D eigenvalue weighted by molar-refractivity contribution is -0.386. The smallest absolute Gasteiger partial charge is 0.349 e. The van der Waals surface area contributed by atoms with Gasteiger partial charge in [-0.25, -0.2) is 9.37 Å². The molecule has 0 radical (unpaired) electrons. The molecule has 1 aromatic carbocycles. The van der Waals surface area contributed by atoms with Gasteiger partial charge in [0, 0.05) is 11.5 Å². The molecule has 7 nitrogen and oxygen atoms in total. The summed E-state index contributed by atoms with van der Waals surface area (Å²) in [6.45, 7) is 0. The average Bonchev–Trinajstić information content (AvgIpc) is 2.43. The maximum absolute atomic E-state index is 13.6. The Kier molecular flexibility index (Phi) is 4.26. The minimum atomic E-state index is -1.28. The van der Waals surface area contributed by atoms with Gasteiger partial charge in [-0.15, -0.1) is 0 Å². The van der Waals surface area contributed by atoms with Gasteiger partial charge in [-0.05, 0) is 12.1 Å². The molecule has 0 aliphatic rings. The lowest BCUT2D eigenvalue weighted by atomic mass is 10.3. The van der Waals surface area contributed by atoms with E-state index in [4.69, 9.17) is 4.74 Å². The topological polar surface area (TPSA) is 90.2 Å². The van der Waals surface area contributed by atoms with Crippen molar-refractivity contribution in [3.8, 4) is 11.6 Å². The zero-order chi connectivity index (χ0) is 15.6. The Labute approximate surface area is 125 Å². The van der Waals surface area contributed by atoms with Crippen LogP contribution in [0.15, 0.2) is 22.8 Å². The monoisotopic (exact) mass is 360 g/mol. The first kappa shape index (κ1) is 15.0. The summed E-state index contributed by atoms with van der Waals surface area (Å²) in [6.07, 6.45) is 0.903. The summed E-state index contributed by atoms with van der Waals surface area (Å²) < 4.78 is 32.2. The molecule has 1 aromatic heterocycles. The molecule has 0 saturated carbocycles. The lowest BCUT2D eigenvalue weighted by Gasteiger charge is -2.08. The number of benzene rings is 1. The van der Waals surface area contributed by atoms with E-state index < -0.39 is 33.9 Å². The Hall–Kier alpha value is -2.36. The number of aromatic nitrogens is 2. The molecule has 0 spiro atoms. The van der Waals surface area contributed by atoms with Crippen LogP contribution in [0.5, 0.6) is 11.6 Å². The van der Waals surface area contributed by atoms with E-state index >= 15 is 0 Å². The fraction of sp³-hybridized carbons (Fsp3) is 0.0909. The molecular weight excluding hydrogens is 354 g/mol. The van der Waals surface area contributed by atoms with Crippen LogP contribution in [0, 0.1) is 21.7 Å². The fourth-order valence-corrected chi connectivity index (χ4v) is 1.80. The van der Waals surface area contributed by atoms with Gasteiger partial charge in [0.1, 0.15) is 6.20 Å². The Morgan fingerprint density at radius 3 is 2.76 bits per heavy atom. The molecule has 1 N–H and O–H groups in total. The van der Waals surface area contributed by atoms with Crippen LogP contribution in [0.3, 0.4) is 0 Å². The molecule has 0 unspecified atom stereocenters. The SMILES string of the molecule is CNc1ncc([N+](=O)[O-])c(Oc2cc(Br)cc(F)c2F)n1. The molecule has 2 aromatic rings. The Morgan fingerprint density at radius 1 is 1.43 bits per heavy atom. The third-order valence-corrected chi connectivity index (χ3v) is 2.78. The number of nitrogens with zero attached hydrogens (tertiary/aromatic N) is 3. The van der Waals surface area contributed by atoms with Crippen LogP contribution in [0.4, 0.5) is 20.4 Å². The number of halogens is 3. The number of nitro groups is 1. The number of nitrogens with one attached hydrogen (secondary N) is 1. The fourth-order valence-electron chi connectivity index (χ4n) is 1.39. The van der Waals surface area contributed by atoms with Crippen molar-refractivity contribution < 1.29 is 18.4 Å². The summed E-state index contributed by atoms with van der Waals surface area (Å²) in [5.74, 6) is -3.45. The maximum atomic E-state index is 13.6. The number of ether oxygens (including phenoxy) is 1. The maximum Gasteiger partial charge on any atom is 0.349 e. The predicted molar refractivity (Wildman–Crippen MR) is 72.4 cm³/mol. The minimum absolute atomic E-state index is 0.0338. The Balaban J connectivity index is 2.50. The van der Waals surface area contributed by atoms with Gasteiger partial charge in [0.2, 0.25) is 11.8 Å². The summed E-state index contributed by atoms with van der Waals surface area (Å²) in [4.78, 5) is 17.5. The standard InChI is InChI=1S/C11H7BrF2N4O3/c1-15-11-16-4-7(18(19)20)10(17-11)21-8-3-5(12)2-6(13)9(8)14/h2-4H,1H3,(H,15,16,17). The van der Waals surface area contributed by atoms with Gasteiger partial charge in [0.25, 0.3) is 0 Å². The molecule has 0 aliphatic heterocycles. The van der Waals surface area contributed by atoms with Crippen molar-refractivity contribution in [1.82, 2.24) is 9.97 Å². The highest BCUT2D eigenvalue weighted by molar-refractivity contribution is 9.10. The van der Waals surface area contributed by atoms with Gasteiger partial charge in [0.05, 0.1) is 4.92 Å². The lowest BCUT2D eigenvalue weighted by Crippen LogP contribution is -2.03. The molecule has 0 aliphatic carbocycles. The van der Waals surface area contributed by atoms with Gasteiger partial charge in [-0.3, -0.25) is 10.1 Å². The molecule has 110 valence electrons. The molecule has 10 heteroatoms. The van der Waals surface area contributed by atoms with Crippen molar-refractivity contribution in [3.05, 3.63) is 44.6 Å². The third-order valence-electron chi connectivity index (χ3n) is 2.32. The van der Waals surface area contributed by atoms with E-state index in [0.717, 1.165) is 18.3 Å². The summed E-state index contributed by atoms with van der Waals surface area (Å²) >= 11 is 2.97. The van der Waals surface area contributed by atoms with Crippen LogP contribution in [0.2, 0.25) is 0 Å². The van der Waals surface area contributed by atoms with Crippen LogP contribution in [0.25, 0.3) is 0 Å². The largest absolute Gasteiger partial charge is 0.430 e. The summed E-state index contributed by atoms with van der Waals surface area (Å²) in [6, 6.07) is 2.03. The van der Waals surface area contributed by atoms with Crippen molar-refractivity contribution in [2.45, 2.75) is 0 Å². The molecule has 0 atom stereocenters. The van der Waals surface area contributed by atoms with E-state index in [-0.39, 0.29) is 10.4 Å². The first-order valence-electron chi connectivity index (χ1n) is 5.44. The van der Waals surface area contributed by atoms with E-state index in [0.29, 0.717) is 0 Å². The predicted octanol–water partition coefficient (Wildman–Crippen LogP) is 3.26. The molecule has 0 saturated heterocycles. The minimum Gasteiger partial charge on any atom is -0.430 e. The van der Waals surface area contributed by atoms with Crippen molar-refractivity contribution >= 4 is 27.6 Å². The normalized spacial score (nSPS) is 10.3. The number of rotatable bonds is 4. The zero-order valence-corrected chi connectivity index (χ0v) is 12.0.